The van der Waals surface area contributed by atoms with Crippen molar-refractivity contribution in [2.24, 2.45) is 0 Å². The number of nitrogens with one attached hydrogen (secondary N) is 1. The number of rotatable bonds is 7. The van der Waals surface area contributed by atoms with E-state index in [1.165, 1.54) is 29.3 Å². The summed E-state index contributed by atoms with van der Waals surface area (Å²) in [6.07, 6.45) is 2.04. The van der Waals surface area contributed by atoms with Gasteiger partial charge in [-0.25, -0.2) is 12.7 Å². The van der Waals surface area contributed by atoms with Gasteiger partial charge in [0.1, 0.15) is 0 Å². The second kappa shape index (κ2) is 7.92. The van der Waals surface area contributed by atoms with Crippen molar-refractivity contribution >= 4 is 33.0 Å². The predicted octanol–water partition coefficient (Wildman–Crippen LogP) is 3.27. The highest BCUT2D eigenvalue weighted by molar-refractivity contribution is 7.89. The Kier molecular flexibility index (Phi) is 6.15. The molecule has 0 fully saturated rings. The van der Waals surface area contributed by atoms with Gasteiger partial charge in [0.25, 0.3) is 0 Å². The summed E-state index contributed by atoms with van der Waals surface area (Å²) in [4.78, 5) is 13.5. The second-order valence-electron chi connectivity index (χ2n) is 5.75. The number of carbonyl (C=O) groups is 1. The molecule has 0 aliphatic rings. The van der Waals surface area contributed by atoms with Gasteiger partial charge < -0.3 is 5.32 Å². The van der Waals surface area contributed by atoms with E-state index in [-0.39, 0.29) is 10.8 Å². The Balaban J connectivity index is 2.01. The minimum absolute atomic E-state index is 0.108. The predicted molar refractivity (Wildman–Crippen MR) is 97.9 cm³/mol. The summed E-state index contributed by atoms with van der Waals surface area (Å²) in [5.41, 5.74) is 1.15. The second-order valence-corrected chi connectivity index (χ2v) is 8.90. The SMILES string of the molecule is Cc1ccc(NC(=O)CCCc2cccs2)cc1S(=O)(=O)N(C)C. The highest BCUT2D eigenvalue weighted by Crippen LogP contribution is 2.22. The quantitative estimate of drug-likeness (QED) is 0.818. The van der Waals surface area contributed by atoms with Gasteiger partial charge >= 0.3 is 0 Å². The molecular formula is C17H22N2O3S2. The number of carbonyl (C=O) groups excluding carboxylic acids is 1. The van der Waals surface area contributed by atoms with E-state index in [0.29, 0.717) is 17.7 Å². The molecule has 0 bridgehead atoms. The number of anilines is 1. The van der Waals surface area contributed by atoms with Gasteiger partial charge in [0.05, 0.1) is 4.90 Å². The standard InChI is InChI=1S/C17H22N2O3S2/c1-13-9-10-14(12-16(13)24(21,22)19(2)3)18-17(20)8-4-6-15-7-5-11-23-15/h5,7,9-12H,4,6,8H2,1-3H3,(H,18,20). The molecule has 1 aromatic carbocycles. The van der Waals surface area contributed by atoms with Crippen LogP contribution in [0.4, 0.5) is 5.69 Å². The maximum atomic E-state index is 12.3. The molecule has 0 atom stereocenters. The first kappa shape index (κ1) is 18.6. The summed E-state index contributed by atoms with van der Waals surface area (Å²) in [5.74, 6) is -0.108. The first-order valence-electron chi connectivity index (χ1n) is 7.66. The van der Waals surface area contributed by atoms with Crippen molar-refractivity contribution in [1.82, 2.24) is 4.31 Å². The van der Waals surface area contributed by atoms with E-state index in [0.717, 1.165) is 12.8 Å². The zero-order chi connectivity index (χ0) is 17.7. The van der Waals surface area contributed by atoms with Gasteiger partial charge in [-0.3, -0.25) is 4.79 Å². The average molecular weight is 367 g/mol. The van der Waals surface area contributed by atoms with Crippen LogP contribution in [-0.4, -0.2) is 32.7 Å². The zero-order valence-corrected chi connectivity index (χ0v) is 15.7. The Labute approximate surface area is 147 Å². The van der Waals surface area contributed by atoms with Crippen LogP contribution >= 0.6 is 11.3 Å². The van der Waals surface area contributed by atoms with Crippen molar-refractivity contribution in [2.75, 3.05) is 19.4 Å². The fourth-order valence-electron chi connectivity index (χ4n) is 2.25. The summed E-state index contributed by atoms with van der Waals surface area (Å²) in [5, 5.41) is 4.80. The molecule has 7 heteroatoms. The van der Waals surface area contributed by atoms with E-state index < -0.39 is 10.0 Å². The highest BCUT2D eigenvalue weighted by atomic mass is 32.2. The van der Waals surface area contributed by atoms with Crippen molar-refractivity contribution in [3.8, 4) is 0 Å². The smallest absolute Gasteiger partial charge is 0.242 e. The third-order valence-electron chi connectivity index (χ3n) is 3.64. The Morgan fingerprint density at radius 3 is 2.62 bits per heavy atom. The Bertz CT molecular complexity index is 797. The summed E-state index contributed by atoms with van der Waals surface area (Å²) >= 11 is 1.68. The van der Waals surface area contributed by atoms with Gasteiger partial charge in [0, 0.05) is 31.1 Å². The van der Waals surface area contributed by atoms with Gasteiger partial charge in [-0.1, -0.05) is 12.1 Å². The zero-order valence-electron chi connectivity index (χ0n) is 14.1. The molecule has 24 heavy (non-hydrogen) atoms. The first-order valence-corrected chi connectivity index (χ1v) is 9.98. The van der Waals surface area contributed by atoms with E-state index in [2.05, 4.69) is 11.4 Å². The number of nitrogens with zero attached hydrogens (tertiary/aromatic N) is 1. The number of aryl methyl sites for hydroxylation is 2. The molecule has 0 aliphatic heterocycles. The molecule has 2 aromatic rings. The minimum Gasteiger partial charge on any atom is -0.326 e. The molecule has 0 unspecified atom stereocenters. The minimum atomic E-state index is -3.53. The Hall–Kier alpha value is -1.70. The summed E-state index contributed by atoms with van der Waals surface area (Å²) in [7, 11) is -0.548. The molecule has 0 saturated carbocycles. The number of benzene rings is 1. The maximum absolute atomic E-state index is 12.3. The van der Waals surface area contributed by atoms with Crippen LogP contribution in [-0.2, 0) is 21.2 Å². The van der Waals surface area contributed by atoms with Crippen molar-refractivity contribution in [3.63, 3.8) is 0 Å². The van der Waals surface area contributed by atoms with Crippen LogP contribution in [0.5, 0.6) is 0 Å². The number of sulfonamides is 1. The van der Waals surface area contributed by atoms with E-state index in [1.54, 1.807) is 30.4 Å². The van der Waals surface area contributed by atoms with Gasteiger partial charge in [0.15, 0.2) is 0 Å². The van der Waals surface area contributed by atoms with Crippen molar-refractivity contribution in [1.29, 1.82) is 0 Å². The lowest BCUT2D eigenvalue weighted by Gasteiger charge is -2.15. The lowest BCUT2D eigenvalue weighted by Crippen LogP contribution is -2.23. The molecule has 1 aromatic heterocycles. The van der Waals surface area contributed by atoms with Gasteiger partial charge in [-0.2, -0.15) is 0 Å². The van der Waals surface area contributed by atoms with Gasteiger partial charge in [-0.15, -0.1) is 11.3 Å². The van der Waals surface area contributed by atoms with Crippen LogP contribution in [0.25, 0.3) is 0 Å². The number of thiophene rings is 1. The maximum Gasteiger partial charge on any atom is 0.242 e. The molecule has 0 saturated heterocycles. The molecule has 130 valence electrons. The molecule has 1 N–H and O–H groups in total. The molecule has 0 spiro atoms. The van der Waals surface area contributed by atoms with Crippen molar-refractivity contribution in [2.45, 2.75) is 31.1 Å². The molecule has 2 rings (SSSR count). The van der Waals surface area contributed by atoms with Crippen molar-refractivity contribution < 1.29 is 13.2 Å². The van der Waals surface area contributed by atoms with E-state index in [1.807, 2.05) is 11.4 Å². The third-order valence-corrected chi connectivity index (χ3v) is 6.53. The van der Waals surface area contributed by atoms with E-state index in [9.17, 15) is 13.2 Å². The molecule has 0 radical (unpaired) electrons. The van der Waals surface area contributed by atoms with E-state index in [4.69, 9.17) is 0 Å². The highest BCUT2D eigenvalue weighted by Gasteiger charge is 2.20. The largest absolute Gasteiger partial charge is 0.326 e. The molecule has 0 aliphatic carbocycles. The first-order chi connectivity index (χ1) is 11.3. The lowest BCUT2D eigenvalue weighted by molar-refractivity contribution is -0.116. The van der Waals surface area contributed by atoms with Crippen LogP contribution in [0.2, 0.25) is 0 Å². The number of hydrogen-bond acceptors (Lipinski definition) is 4. The molecule has 1 amide bonds. The number of amides is 1. The molecule has 5 nitrogen and oxygen atoms in total. The van der Waals surface area contributed by atoms with Crippen molar-refractivity contribution in [3.05, 3.63) is 46.2 Å². The van der Waals surface area contributed by atoms with Gasteiger partial charge in [-0.05, 0) is 48.9 Å². The summed E-state index contributed by atoms with van der Waals surface area (Å²) < 4.78 is 25.8. The normalized spacial score (nSPS) is 11.7. The monoisotopic (exact) mass is 366 g/mol. The van der Waals surface area contributed by atoms with Crippen LogP contribution < -0.4 is 5.32 Å². The van der Waals surface area contributed by atoms with Crippen LogP contribution in [0.15, 0.2) is 40.6 Å². The van der Waals surface area contributed by atoms with Gasteiger partial charge in [0.2, 0.25) is 15.9 Å². The molecular weight excluding hydrogens is 344 g/mol. The fourth-order valence-corrected chi connectivity index (χ4v) is 4.15. The fraction of sp³-hybridized carbons (Fsp3) is 0.353. The summed E-state index contributed by atoms with van der Waals surface area (Å²) in [6, 6.07) is 9.00. The van der Waals surface area contributed by atoms with E-state index >= 15 is 0 Å². The molecule has 1 heterocycles. The Morgan fingerprint density at radius 1 is 1.25 bits per heavy atom. The number of hydrogen-bond donors (Lipinski definition) is 1. The average Bonchev–Trinajstić information content (AvgIpc) is 3.02. The third kappa shape index (κ3) is 4.66. The van der Waals surface area contributed by atoms with Crippen LogP contribution in [0, 0.1) is 6.92 Å². The topological polar surface area (TPSA) is 66.5 Å². The summed E-state index contributed by atoms with van der Waals surface area (Å²) in [6.45, 7) is 1.74. The van der Waals surface area contributed by atoms with Crippen LogP contribution in [0.3, 0.4) is 0 Å². The lowest BCUT2D eigenvalue weighted by atomic mass is 10.2. The Morgan fingerprint density at radius 2 is 2.00 bits per heavy atom. The van der Waals surface area contributed by atoms with Crippen LogP contribution in [0.1, 0.15) is 23.3 Å².